The molecule has 164 valence electrons. The molecule has 0 N–H and O–H groups in total. The predicted octanol–water partition coefficient (Wildman–Crippen LogP) is 2.81. The summed E-state index contributed by atoms with van der Waals surface area (Å²) in [6.07, 6.45) is 1.08. The maximum atomic E-state index is 12.7. The van der Waals surface area contributed by atoms with E-state index in [4.69, 9.17) is 0 Å². The molecule has 0 aromatic heterocycles. The molecule has 2 heterocycles. The largest absolute Gasteiger partial charge is 0.340 e. The van der Waals surface area contributed by atoms with Gasteiger partial charge in [0.2, 0.25) is 11.8 Å². The molecule has 2 aliphatic rings. The number of hydrazone groups is 1. The van der Waals surface area contributed by atoms with Gasteiger partial charge >= 0.3 is 0 Å². The van der Waals surface area contributed by atoms with Gasteiger partial charge in [-0.3, -0.25) is 14.5 Å². The number of nitriles is 1. The number of amides is 2. The summed E-state index contributed by atoms with van der Waals surface area (Å²) in [5, 5.41) is 15.6. The third kappa shape index (κ3) is 5.04. The molecule has 0 bridgehead atoms. The fourth-order valence-corrected chi connectivity index (χ4v) is 4.20. The van der Waals surface area contributed by atoms with Gasteiger partial charge in [0, 0.05) is 45.4 Å². The summed E-state index contributed by atoms with van der Waals surface area (Å²) in [7, 11) is 0. The normalized spacial score (nSPS) is 17.5. The zero-order valence-corrected chi connectivity index (χ0v) is 18.1. The van der Waals surface area contributed by atoms with Crippen LogP contribution in [-0.2, 0) is 9.59 Å². The van der Waals surface area contributed by atoms with Crippen LogP contribution in [0.1, 0.15) is 36.4 Å². The second-order valence-corrected chi connectivity index (χ2v) is 8.04. The van der Waals surface area contributed by atoms with Gasteiger partial charge in [-0.1, -0.05) is 60.7 Å². The second kappa shape index (κ2) is 10.2. The Morgan fingerprint density at radius 3 is 2.16 bits per heavy atom. The second-order valence-electron chi connectivity index (χ2n) is 8.04. The Bertz CT molecular complexity index is 1010. The molecule has 1 atom stereocenters. The molecule has 1 saturated heterocycles. The standard InChI is InChI=1S/C25H27N5O2/c26-19-23(21-9-5-2-6-10-21)28-15-17-29(18-16-28)24(31)11-12-25(32)30-14-13-22(27-30)20-7-3-1-4-8-20/h1-10,23H,11-18H2. The van der Waals surface area contributed by atoms with Gasteiger partial charge in [-0.15, -0.1) is 0 Å². The lowest BCUT2D eigenvalue weighted by molar-refractivity contribution is -0.137. The summed E-state index contributed by atoms with van der Waals surface area (Å²) in [5.41, 5.74) is 2.91. The van der Waals surface area contributed by atoms with E-state index in [1.807, 2.05) is 60.7 Å². The lowest BCUT2D eigenvalue weighted by Gasteiger charge is -2.37. The van der Waals surface area contributed by atoms with E-state index in [9.17, 15) is 14.9 Å². The molecule has 1 unspecified atom stereocenters. The third-order valence-corrected chi connectivity index (χ3v) is 6.02. The van der Waals surface area contributed by atoms with E-state index >= 15 is 0 Å². The Balaban J connectivity index is 1.25. The van der Waals surface area contributed by atoms with Crippen LogP contribution in [0.3, 0.4) is 0 Å². The highest BCUT2D eigenvalue weighted by Gasteiger charge is 2.28. The van der Waals surface area contributed by atoms with Gasteiger partial charge in [0.25, 0.3) is 0 Å². The highest BCUT2D eigenvalue weighted by molar-refractivity contribution is 6.02. The molecular formula is C25H27N5O2. The first-order chi connectivity index (χ1) is 15.7. The zero-order chi connectivity index (χ0) is 22.3. The Hall–Kier alpha value is -3.50. The lowest BCUT2D eigenvalue weighted by Crippen LogP contribution is -2.49. The van der Waals surface area contributed by atoms with Crippen molar-refractivity contribution < 1.29 is 9.59 Å². The summed E-state index contributed by atoms with van der Waals surface area (Å²) in [6.45, 7) is 2.98. The van der Waals surface area contributed by atoms with Gasteiger partial charge in [-0.25, -0.2) is 5.01 Å². The van der Waals surface area contributed by atoms with E-state index in [-0.39, 0.29) is 30.7 Å². The van der Waals surface area contributed by atoms with Crippen molar-refractivity contribution in [2.24, 2.45) is 5.10 Å². The number of rotatable bonds is 6. The molecule has 4 rings (SSSR count). The summed E-state index contributed by atoms with van der Waals surface area (Å²) in [4.78, 5) is 29.1. The maximum Gasteiger partial charge on any atom is 0.243 e. The van der Waals surface area contributed by atoms with E-state index in [1.54, 1.807) is 4.90 Å². The Morgan fingerprint density at radius 2 is 1.50 bits per heavy atom. The molecule has 1 fully saturated rings. The lowest BCUT2D eigenvalue weighted by atomic mass is 10.1. The molecule has 32 heavy (non-hydrogen) atoms. The van der Waals surface area contributed by atoms with Crippen molar-refractivity contribution in [2.75, 3.05) is 32.7 Å². The van der Waals surface area contributed by atoms with Crippen LogP contribution in [0, 0.1) is 11.3 Å². The van der Waals surface area contributed by atoms with Gasteiger partial charge in [0.15, 0.2) is 0 Å². The number of carbonyl (C=O) groups excluding carboxylic acids is 2. The Morgan fingerprint density at radius 1 is 0.875 bits per heavy atom. The molecule has 7 heteroatoms. The smallest absolute Gasteiger partial charge is 0.243 e. The topological polar surface area (TPSA) is 80.0 Å². The average Bonchev–Trinajstić information content (AvgIpc) is 3.35. The first-order valence-corrected chi connectivity index (χ1v) is 11.1. The van der Waals surface area contributed by atoms with E-state index in [0.29, 0.717) is 32.7 Å². The molecule has 2 aromatic rings. The Labute approximate surface area is 188 Å². The number of hydrogen-bond donors (Lipinski definition) is 0. The van der Waals surface area contributed by atoms with E-state index < -0.39 is 0 Å². The van der Waals surface area contributed by atoms with Gasteiger partial charge in [0.1, 0.15) is 6.04 Å². The van der Waals surface area contributed by atoms with Crippen LogP contribution in [0.15, 0.2) is 65.8 Å². The molecule has 2 amide bonds. The molecule has 7 nitrogen and oxygen atoms in total. The van der Waals surface area contributed by atoms with Crippen LogP contribution in [0.2, 0.25) is 0 Å². The minimum atomic E-state index is -0.304. The molecule has 0 radical (unpaired) electrons. The van der Waals surface area contributed by atoms with Crippen molar-refractivity contribution in [3.05, 3.63) is 71.8 Å². The van der Waals surface area contributed by atoms with Crippen molar-refractivity contribution in [1.82, 2.24) is 14.8 Å². The van der Waals surface area contributed by atoms with E-state index in [0.717, 1.165) is 23.3 Å². The Kier molecular flexibility index (Phi) is 6.93. The first-order valence-electron chi connectivity index (χ1n) is 11.1. The minimum absolute atomic E-state index is 0.0160. The average molecular weight is 430 g/mol. The summed E-state index contributed by atoms with van der Waals surface area (Å²) >= 11 is 0. The van der Waals surface area contributed by atoms with E-state index in [2.05, 4.69) is 16.1 Å². The minimum Gasteiger partial charge on any atom is -0.340 e. The maximum absolute atomic E-state index is 12.7. The first kappa shape index (κ1) is 21.7. The number of benzene rings is 2. The number of nitrogens with zero attached hydrogens (tertiary/aromatic N) is 5. The van der Waals surface area contributed by atoms with Crippen LogP contribution >= 0.6 is 0 Å². The summed E-state index contributed by atoms with van der Waals surface area (Å²) in [5.74, 6) is -0.130. The molecule has 0 aliphatic carbocycles. The predicted molar refractivity (Wildman–Crippen MR) is 121 cm³/mol. The van der Waals surface area contributed by atoms with Gasteiger partial charge in [-0.2, -0.15) is 10.4 Å². The third-order valence-electron chi connectivity index (χ3n) is 6.02. The molecule has 0 saturated carbocycles. The summed E-state index contributed by atoms with van der Waals surface area (Å²) in [6, 6.07) is 21.6. The molecule has 0 spiro atoms. The molecule has 2 aliphatic heterocycles. The van der Waals surface area contributed by atoms with E-state index in [1.165, 1.54) is 5.01 Å². The van der Waals surface area contributed by atoms with Crippen molar-refractivity contribution >= 4 is 17.5 Å². The number of piperazine rings is 1. The van der Waals surface area contributed by atoms with Crippen molar-refractivity contribution in [3.8, 4) is 6.07 Å². The van der Waals surface area contributed by atoms with Crippen LogP contribution in [-0.4, -0.2) is 65.1 Å². The highest BCUT2D eigenvalue weighted by Crippen LogP contribution is 2.22. The number of hydrogen-bond acceptors (Lipinski definition) is 5. The SMILES string of the molecule is N#CC(c1ccccc1)N1CCN(C(=O)CCC(=O)N2CCC(c3ccccc3)=N2)CC1. The molecular weight excluding hydrogens is 402 g/mol. The monoisotopic (exact) mass is 429 g/mol. The van der Waals surface area contributed by atoms with Crippen molar-refractivity contribution in [3.63, 3.8) is 0 Å². The van der Waals surface area contributed by atoms with Gasteiger partial charge in [0.05, 0.1) is 18.3 Å². The van der Waals surface area contributed by atoms with Gasteiger partial charge in [-0.05, 0) is 11.1 Å². The van der Waals surface area contributed by atoms with Gasteiger partial charge < -0.3 is 4.90 Å². The van der Waals surface area contributed by atoms with Crippen LogP contribution in [0.25, 0.3) is 0 Å². The fraction of sp³-hybridized carbons (Fsp3) is 0.360. The fourth-order valence-electron chi connectivity index (χ4n) is 4.20. The molecule has 2 aromatic carbocycles. The van der Waals surface area contributed by atoms with Crippen molar-refractivity contribution in [2.45, 2.75) is 25.3 Å². The quantitative estimate of drug-likeness (QED) is 0.707. The zero-order valence-electron chi connectivity index (χ0n) is 18.1. The van der Waals surface area contributed by atoms with Crippen molar-refractivity contribution in [1.29, 1.82) is 5.26 Å². The van der Waals surface area contributed by atoms with Crippen LogP contribution < -0.4 is 0 Å². The van der Waals surface area contributed by atoms with Crippen LogP contribution in [0.5, 0.6) is 0 Å². The summed E-state index contributed by atoms with van der Waals surface area (Å²) < 4.78 is 0. The number of carbonyl (C=O) groups is 2. The van der Waals surface area contributed by atoms with Crippen LogP contribution in [0.4, 0.5) is 0 Å². The highest BCUT2D eigenvalue weighted by atomic mass is 16.2.